The zero-order valence-electron chi connectivity index (χ0n) is 10.2. The summed E-state index contributed by atoms with van der Waals surface area (Å²) in [5.41, 5.74) is 5.97. The van der Waals surface area contributed by atoms with Gasteiger partial charge in [-0.1, -0.05) is 13.8 Å². The first-order chi connectivity index (χ1) is 6.98. The predicted octanol–water partition coefficient (Wildman–Crippen LogP) is 1.63. The van der Waals surface area contributed by atoms with Crippen molar-refractivity contribution in [1.29, 1.82) is 0 Å². The molecular formula is C11H21BClNO2. The molecule has 0 aromatic heterocycles. The average molecular weight is 246 g/mol. The van der Waals surface area contributed by atoms with Crippen molar-refractivity contribution in [3.05, 3.63) is 0 Å². The number of hydrogen-bond donors (Lipinski definition) is 1. The van der Waals surface area contributed by atoms with Gasteiger partial charge in [0.2, 0.25) is 0 Å². The van der Waals surface area contributed by atoms with Crippen molar-refractivity contribution in [2.45, 2.75) is 45.3 Å². The molecule has 4 fully saturated rings. The summed E-state index contributed by atoms with van der Waals surface area (Å²) in [4.78, 5) is 0. The molecule has 3 aliphatic carbocycles. The summed E-state index contributed by atoms with van der Waals surface area (Å²) in [5, 5.41) is 0. The highest BCUT2D eigenvalue weighted by molar-refractivity contribution is 6.45. The summed E-state index contributed by atoms with van der Waals surface area (Å²) in [6.07, 6.45) is 3.21. The Labute approximate surface area is 104 Å². The van der Waals surface area contributed by atoms with Crippen LogP contribution < -0.4 is 5.73 Å². The molecule has 2 N–H and O–H groups in total. The number of rotatable bonds is 1. The van der Waals surface area contributed by atoms with E-state index in [0.29, 0.717) is 17.8 Å². The van der Waals surface area contributed by atoms with E-state index in [-0.39, 0.29) is 31.2 Å². The fraction of sp³-hybridized carbons (Fsp3) is 1.00. The van der Waals surface area contributed by atoms with Crippen LogP contribution >= 0.6 is 12.4 Å². The molecule has 4 aliphatic rings. The first-order valence-electron chi connectivity index (χ1n) is 6.02. The highest BCUT2D eigenvalue weighted by atomic mass is 35.5. The summed E-state index contributed by atoms with van der Waals surface area (Å²) in [6.45, 7) is 6.95. The second-order valence-electron chi connectivity index (χ2n) is 6.13. The number of hydrogen-bond acceptors (Lipinski definition) is 3. The molecule has 4 atom stereocenters. The Balaban J connectivity index is 0.000000963. The predicted molar refractivity (Wildman–Crippen MR) is 66.4 cm³/mol. The number of nitrogens with two attached hydrogens (primary N) is 1. The molecule has 3 saturated carbocycles. The average Bonchev–Trinajstić information content (AvgIpc) is 2.53. The smallest absolute Gasteiger partial charge is 0.405 e. The van der Waals surface area contributed by atoms with Gasteiger partial charge in [0.25, 0.3) is 0 Å². The van der Waals surface area contributed by atoms with Crippen LogP contribution in [0.3, 0.4) is 0 Å². The summed E-state index contributed by atoms with van der Waals surface area (Å²) in [6, 6.07) is 0. The van der Waals surface area contributed by atoms with E-state index < -0.39 is 0 Å². The monoisotopic (exact) mass is 245 g/mol. The van der Waals surface area contributed by atoms with Crippen molar-refractivity contribution in [2.75, 3.05) is 6.44 Å². The van der Waals surface area contributed by atoms with Crippen LogP contribution in [0.25, 0.3) is 0 Å². The van der Waals surface area contributed by atoms with E-state index >= 15 is 0 Å². The zero-order valence-corrected chi connectivity index (χ0v) is 11.0. The van der Waals surface area contributed by atoms with E-state index in [4.69, 9.17) is 15.0 Å². The van der Waals surface area contributed by atoms with E-state index in [2.05, 4.69) is 20.8 Å². The molecule has 0 amide bonds. The third-order valence-electron chi connectivity index (χ3n) is 5.19. The van der Waals surface area contributed by atoms with E-state index in [1.54, 1.807) is 0 Å². The molecule has 92 valence electrons. The van der Waals surface area contributed by atoms with Crippen LogP contribution in [0.15, 0.2) is 0 Å². The van der Waals surface area contributed by atoms with Crippen LogP contribution in [0, 0.1) is 17.3 Å². The van der Waals surface area contributed by atoms with Gasteiger partial charge < -0.3 is 15.0 Å². The number of halogens is 1. The SMILES string of the molecule is CC1(C)[C@@H]2C[C@H]1[C@]1(C)OB(CN)O[C@@H]1C2.Cl. The van der Waals surface area contributed by atoms with Crippen LogP contribution in [0.4, 0.5) is 0 Å². The molecular weight excluding hydrogens is 224 g/mol. The van der Waals surface area contributed by atoms with Gasteiger partial charge in [0, 0.05) is 6.44 Å². The van der Waals surface area contributed by atoms with E-state index in [1.165, 1.54) is 6.42 Å². The molecule has 1 saturated heterocycles. The fourth-order valence-corrected chi connectivity index (χ4v) is 4.05. The van der Waals surface area contributed by atoms with Gasteiger partial charge in [-0.15, -0.1) is 12.4 Å². The Bertz CT molecular complexity index is 302. The first kappa shape index (κ1) is 12.7. The van der Waals surface area contributed by atoms with Crippen LogP contribution in [-0.2, 0) is 9.31 Å². The zero-order chi connectivity index (χ0) is 10.8. The molecule has 16 heavy (non-hydrogen) atoms. The van der Waals surface area contributed by atoms with Crippen molar-refractivity contribution < 1.29 is 9.31 Å². The van der Waals surface area contributed by atoms with Crippen LogP contribution in [0.5, 0.6) is 0 Å². The maximum atomic E-state index is 6.04. The van der Waals surface area contributed by atoms with Gasteiger partial charge in [-0.05, 0) is 37.0 Å². The molecule has 0 aromatic rings. The Morgan fingerprint density at radius 1 is 1.31 bits per heavy atom. The Morgan fingerprint density at radius 2 is 2.00 bits per heavy atom. The van der Waals surface area contributed by atoms with Crippen molar-refractivity contribution in [3.8, 4) is 0 Å². The largest absolute Gasteiger partial charge is 0.472 e. The Hall–Kier alpha value is 0.235. The first-order valence-corrected chi connectivity index (χ1v) is 6.02. The second-order valence-corrected chi connectivity index (χ2v) is 6.13. The molecule has 0 unspecified atom stereocenters. The van der Waals surface area contributed by atoms with Gasteiger partial charge in [0.15, 0.2) is 0 Å². The third-order valence-corrected chi connectivity index (χ3v) is 5.19. The molecule has 5 heteroatoms. The van der Waals surface area contributed by atoms with Crippen molar-refractivity contribution in [2.24, 2.45) is 23.0 Å². The van der Waals surface area contributed by atoms with Gasteiger partial charge in [-0.25, -0.2) is 0 Å². The summed E-state index contributed by atoms with van der Waals surface area (Å²) in [7, 11) is -0.171. The third kappa shape index (κ3) is 1.33. The van der Waals surface area contributed by atoms with Gasteiger partial charge in [-0.2, -0.15) is 0 Å². The van der Waals surface area contributed by atoms with E-state index in [9.17, 15) is 0 Å². The molecule has 3 nitrogen and oxygen atoms in total. The van der Waals surface area contributed by atoms with Crippen LogP contribution in [-0.4, -0.2) is 25.3 Å². The Kier molecular flexibility index (Phi) is 2.86. The summed E-state index contributed by atoms with van der Waals surface area (Å²) >= 11 is 0. The van der Waals surface area contributed by atoms with Crippen molar-refractivity contribution >= 4 is 19.5 Å². The molecule has 4 rings (SSSR count). The van der Waals surface area contributed by atoms with Gasteiger partial charge in [0.1, 0.15) is 0 Å². The normalized spacial score (nSPS) is 48.0. The van der Waals surface area contributed by atoms with Crippen LogP contribution in [0.1, 0.15) is 33.6 Å². The van der Waals surface area contributed by atoms with E-state index in [1.807, 2.05) is 0 Å². The molecule has 0 spiro atoms. The minimum atomic E-state index is -0.171. The lowest BCUT2D eigenvalue weighted by atomic mass is 9.43. The molecule has 0 radical (unpaired) electrons. The maximum Gasteiger partial charge on any atom is 0.472 e. The standard InChI is InChI=1S/C11H20BNO2.ClH/c1-10(2)7-4-8(10)11(3)9(5-7)14-12(6-13)15-11;/h7-9H,4-6,13H2,1-3H3;1H/t7-,8-,9-,11+;/m1./s1. The highest BCUT2D eigenvalue weighted by Gasteiger charge is 2.67. The van der Waals surface area contributed by atoms with Crippen molar-refractivity contribution in [1.82, 2.24) is 0 Å². The topological polar surface area (TPSA) is 44.5 Å². The lowest BCUT2D eigenvalue weighted by Gasteiger charge is -2.64. The minimum Gasteiger partial charge on any atom is -0.405 e. The van der Waals surface area contributed by atoms with E-state index in [0.717, 1.165) is 12.3 Å². The fourth-order valence-electron chi connectivity index (χ4n) is 4.05. The highest BCUT2D eigenvalue weighted by Crippen LogP contribution is 2.65. The van der Waals surface area contributed by atoms with Gasteiger partial charge in [0.05, 0.1) is 11.7 Å². The quantitative estimate of drug-likeness (QED) is 0.714. The molecule has 2 bridgehead atoms. The molecule has 1 heterocycles. The lowest BCUT2D eigenvalue weighted by Crippen LogP contribution is -2.65. The summed E-state index contributed by atoms with van der Waals surface area (Å²) in [5.74, 6) is 1.46. The minimum absolute atomic E-state index is 0. The molecule has 1 aliphatic heterocycles. The lowest BCUT2D eigenvalue weighted by molar-refractivity contribution is -0.199. The van der Waals surface area contributed by atoms with Gasteiger partial charge in [-0.3, -0.25) is 0 Å². The molecule has 0 aromatic carbocycles. The van der Waals surface area contributed by atoms with Gasteiger partial charge >= 0.3 is 7.12 Å². The maximum absolute atomic E-state index is 6.04. The Morgan fingerprint density at radius 3 is 2.56 bits per heavy atom. The van der Waals surface area contributed by atoms with Crippen LogP contribution in [0.2, 0.25) is 0 Å². The van der Waals surface area contributed by atoms with Crippen molar-refractivity contribution in [3.63, 3.8) is 0 Å². The summed E-state index contributed by atoms with van der Waals surface area (Å²) < 4.78 is 11.9. The second kappa shape index (κ2) is 3.61.